The summed E-state index contributed by atoms with van der Waals surface area (Å²) in [5.74, 6) is 1.70. The molecule has 3 aliphatic rings. The Morgan fingerprint density at radius 3 is 2.50 bits per heavy atom. The number of carbonyl (C=O) groups is 2. The van der Waals surface area contributed by atoms with Crippen LogP contribution in [0.4, 0.5) is 0 Å². The maximum absolute atomic E-state index is 13.7. The van der Waals surface area contributed by atoms with Crippen molar-refractivity contribution in [1.29, 1.82) is 0 Å². The van der Waals surface area contributed by atoms with Crippen molar-refractivity contribution in [2.75, 3.05) is 5.75 Å². The fourth-order valence-corrected chi connectivity index (χ4v) is 7.87. The van der Waals surface area contributed by atoms with Crippen LogP contribution in [-0.4, -0.2) is 61.5 Å². The lowest BCUT2D eigenvalue weighted by Crippen LogP contribution is -2.55. The van der Waals surface area contributed by atoms with Crippen LogP contribution in [0.15, 0.2) is 34.9 Å². The molecule has 42 heavy (non-hydrogen) atoms. The fraction of sp³-hybridized carbons (Fsp3) is 0.697. The second-order valence-corrected chi connectivity index (χ2v) is 14.2. The molecular weight excluding hydrogens is 572 g/mol. The van der Waals surface area contributed by atoms with E-state index in [9.17, 15) is 24.0 Å². The van der Waals surface area contributed by atoms with E-state index in [1.54, 1.807) is 6.08 Å². The molecule has 3 aliphatic carbocycles. The molecule has 0 aliphatic heterocycles. The third-order valence-electron chi connectivity index (χ3n) is 8.80. The van der Waals surface area contributed by atoms with E-state index in [4.69, 9.17) is 18.0 Å². The summed E-state index contributed by atoms with van der Waals surface area (Å²) in [6, 6.07) is -1.50. The molecule has 7 nitrogen and oxygen atoms in total. The van der Waals surface area contributed by atoms with Gasteiger partial charge in [-0.25, -0.2) is 0 Å². The minimum absolute atomic E-state index is 0.0149. The summed E-state index contributed by atoms with van der Waals surface area (Å²) >= 11 is 6.05. The van der Waals surface area contributed by atoms with E-state index in [2.05, 4.69) is 22.6 Å². The molecule has 3 rings (SSSR count). The molecular formula is C33H49ClN2O5S. The summed E-state index contributed by atoms with van der Waals surface area (Å²) in [7, 11) is -1.29. The minimum atomic E-state index is -1.29. The first-order valence-electron chi connectivity index (χ1n) is 15.7. The van der Waals surface area contributed by atoms with Crippen LogP contribution in [-0.2, 0) is 20.4 Å². The van der Waals surface area contributed by atoms with Gasteiger partial charge in [0.15, 0.2) is 0 Å². The molecule has 9 heteroatoms. The predicted molar refractivity (Wildman–Crippen MR) is 170 cm³/mol. The zero-order valence-electron chi connectivity index (χ0n) is 24.9. The highest BCUT2D eigenvalue weighted by Gasteiger charge is 2.34. The Kier molecular flexibility index (Phi) is 14.8. The smallest absolute Gasteiger partial charge is 0.242 e. The lowest BCUT2D eigenvalue weighted by atomic mass is 9.82. The topological polar surface area (TPSA) is 116 Å². The molecule has 1 fully saturated rings. The van der Waals surface area contributed by atoms with Crippen molar-refractivity contribution in [1.82, 2.24) is 10.6 Å². The van der Waals surface area contributed by atoms with Crippen molar-refractivity contribution in [3.8, 4) is 12.3 Å². The number of carbonyl (C=O) groups excluding carboxylic acids is 2. The highest BCUT2D eigenvalue weighted by atomic mass is 35.5. The van der Waals surface area contributed by atoms with Crippen molar-refractivity contribution in [2.45, 2.75) is 126 Å². The highest BCUT2D eigenvalue weighted by Crippen LogP contribution is 2.29. The highest BCUT2D eigenvalue weighted by molar-refractivity contribution is 7.85. The summed E-state index contributed by atoms with van der Waals surface area (Å²) in [6.07, 6.45) is 22.2. The summed E-state index contributed by atoms with van der Waals surface area (Å²) in [4.78, 5) is 27.2. The van der Waals surface area contributed by atoms with Crippen molar-refractivity contribution in [2.24, 2.45) is 11.8 Å². The van der Waals surface area contributed by atoms with E-state index < -0.39 is 46.9 Å². The zero-order chi connectivity index (χ0) is 30.5. The first-order chi connectivity index (χ1) is 20.2. The average molecular weight is 621 g/mol. The lowest BCUT2D eigenvalue weighted by Gasteiger charge is -2.33. The maximum Gasteiger partial charge on any atom is 0.242 e. The Morgan fingerprint density at radius 1 is 1.12 bits per heavy atom. The summed E-state index contributed by atoms with van der Waals surface area (Å²) in [5.41, 5.74) is 1.20. The van der Waals surface area contributed by atoms with E-state index in [-0.39, 0.29) is 23.3 Å². The first-order valence-corrected chi connectivity index (χ1v) is 17.5. The monoisotopic (exact) mass is 620 g/mol. The zero-order valence-corrected chi connectivity index (χ0v) is 26.5. The van der Waals surface area contributed by atoms with Gasteiger partial charge in [0.1, 0.15) is 12.1 Å². The number of nitrogens with one attached hydrogen (secondary N) is 2. The molecule has 0 bridgehead atoms. The van der Waals surface area contributed by atoms with Gasteiger partial charge in [-0.3, -0.25) is 13.8 Å². The number of amides is 2. The van der Waals surface area contributed by atoms with E-state index in [1.807, 2.05) is 19.1 Å². The number of aliphatic hydroxyl groups is 2. The standard InChI is InChI=1S/C33H49ClN2O5S/c1-3-11-30(37)31(38)29(21-24-14-9-6-10-15-24)36-33(40)28(4-2)35-32(39)25(20-23-12-7-5-8-13-23)22-42(41)27-18-16-26(34)17-19-27/h1,12,16-18,24-25,27-31,37-38H,4-11,13-15,19-22H2,2H3,(H,35,39)(H,36,40)/t25-,27?,28+,29?,30+,31-,42?/m1/s1. The molecule has 0 aromatic heterocycles. The Balaban J connectivity index is 1.70. The molecule has 234 valence electrons. The van der Waals surface area contributed by atoms with Crippen LogP contribution >= 0.6 is 11.6 Å². The number of aliphatic hydroxyl groups excluding tert-OH is 2. The van der Waals surface area contributed by atoms with Crippen molar-refractivity contribution >= 4 is 34.2 Å². The first kappa shape index (κ1) is 34.6. The molecule has 0 spiro atoms. The Morgan fingerprint density at radius 2 is 1.88 bits per heavy atom. The summed E-state index contributed by atoms with van der Waals surface area (Å²) < 4.78 is 13.3. The Hall–Kier alpha value is -1.92. The molecule has 0 saturated heterocycles. The van der Waals surface area contributed by atoms with Gasteiger partial charge in [0.25, 0.3) is 0 Å². The molecule has 0 aromatic rings. The van der Waals surface area contributed by atoms with Gasteiger partial charge in [-0.1, -0.05) is 74.4 Å². The van der Waals surface area contributed by atoms with Crippen LogP contribution in [0.2, 0.25) is 0 Å². The van der Waals surface area contributed by atoms with E-state index in [0.717, 1.165) is 51.4 Å². The molecule has 4 N–H and O–H groups in total. The van der Waals surface area contributed by atoms with Crippen LogP contribution in [0, 0.1) is 24.2 Å². The SMILES string of the molecule is C#CC[C@H](O)[C@H](O)C(CC1CCCCC1)NC(=O)[C@H](CC)NC(=O)[C@H](CC1=CCCCC1)CS(=O)C1C=CC(Cl)=CC1. The van der Waals surface area contributed by atoms with Gasteiger partial charge >= 0.3 is 0 Å². The quantitative estimate of drug-likeness (QED) is 0.155. The molecule has 1 saturated carbocycles. The lowest BCUT2D eigenvalue weighted by molar-refractivity contribution is -0.132. The molecule has 0 aromatic carbocycles. The van der Waals surface area contributed by atoms with E-state index >= 15 is 0 Å². The van der Waals surface area contributed by atoms with E-state index in [1.165, 1.54) is 12.0 Å². The molecule has 3 unspecified atom stereocenters. The van der Waals surface area contributed by atoms with Gasteiger partial charge in [-0.15, -0.1) is 12.3 Å². The van der Waals surface area contributed by atoms with E-state index in [0.29, 0.717) is 36.6 Å². The minimum Gasteiger partial charge on any atom is -0.389 e. The number of hydrogen-bond acceptors (Lipinski definition) is 5. The van der Waals surface area contributed by atoms with Crippen LogP contribution in [0.25, 0.3) is 0 Å². The average Bonchev–Trinajstić information content (AvgIpc) is 3.00. The summed E-state index contributed by atoms with van der Waals surface area (Å²) in [6.45, 7) is 1.82. The number of terminal acetylenes is 1. The Bertz CT molecular complexity index is 1060. The van der Waals surface area contributed by atoms with Gasteiger partial charge in [-0.05, 0) is 63.4 Å². The number of hydrogen-bond donors (Lipinski definition) is 4. The van der Waals surface area contributed by atoms with Gasteiger partial charge in [-0.2, -0.15) is 0 Å². The molecule has 7 atom stereocenters. The summed E-state index contributed by atoms with van der Waals surface area (Å²) in [5, 5.41) is 27.7. The van der Waals surface area contributed by atoms with Crippen LogP contribution in [0.5, 0.6) is 0 Å². The van der Waals surface area contributed by atoms with Crippen molar-refractivity contribution in [3.63, 3.8) is 0 Å². The molecule has 2 amide bonds. The number of rotatable bonds is 15. The normalized spacial score (nSPS) is 23.7. The number of allylic oxidation sites excluding steroid dienone is 5. The second kappa shape index (κ2) is 18.0. The fourth-order valence-electron chi connectivity index (χ4n) is 6.23. The Labute approximate surface area is 259 Å². The van der Waals surface area contributed by atoms with Gasteiger partial charge in [0.2, 0.25) is 11.8 Å². The number of halogens is 1. The predicted octanol–water partition coefficient (Wildman–Crippen LogP) is 4.79. The van der Waals surface area contributed by atoms with Crippen molar-refractivity contribution < 1.29 is 24.0 Å². The van der Waals surface area contributed by atoms with Gasteiger partial charge in [0, 0.05) is 28.0 Å². The van der Waals surface area contributed by atoms with Crippen molar-refractivity contribution in [3.05, 3.63) is 34.9 Å². The molecule has 0 radical (unpaired) electrons. The largest absolute Gasteiger partial charge is 0.389 e. The third-order valence-corrected chi connectivity index (χ3v) is 10.8. The second-order valence-electron chi connectivity index (χ2n) is 12.1. The van der Waals surface area contributed by atoms with Gasteiger partial charge in [0.05, 0.1) is 23.3 Å². The van der Waals surface area contributed by atoms with Crippen LogP contribution in [0.1, 0.15) is 96.8 Å². The van der Waals surface area contributed by atoms with Gasteiger partial charge < -0.3 is 20.8 Å². The molecule has 0 heterocycles. The van der Waals surface area contributed by atoms with Crippen LogP contribution in [0.3, 0.4) is 0 Å². The van der Waals surface area contributed by atoms with Crippen LogP contribution < -0.4 is 10.6 Å². The third kappa shape index (κ3) is 11.0. The maximum atomic E-state index is 13.7.